The number of nitrogens with zero attached hydrogens (tertiary/aromatic N) is 2. The molecular weight excluding hydrogens is 256 g/mol. The number of rotatable bonds is 0. The van der Waals surface area contributed by atoms with Crippen LogP contribution >= 0.6 is 11.8 Å². The summed E-state index contributed by atoms with van der Waals surface area (Å²) in [6.07, 6.45) is -1.43. The molecule has 1 aromatic heterocycles. The summed E-state index contributed by atoms with van der Waals surface area (Å²) >= 11 is 1.41. The summed E-state index contributed by atoms with van der Waals surface area (Å²) in [4.78, 5) is 23.9. The molecule has 2 rings (SSSR count). The third kappa shape index (κ3) is 2.68. The molecule has 2 N–H and O–H groups in total. The van der Waals surface area contributed by atoms with Gasteiger partial charge in [-0.15, -0.1) is 0 Å². The maximum absolute atomic E-state index is 12.1. The molecule has 18 heavy (non-hydrogen) atoms. The summed E-state index contributed by atoms with van der Waals surface area (Å²) in [6, 6.07) is 1.36. The van der Waals surface area contributed by atoms with E-state index in [0.29, 0.717) is 17.2 Å². The minimum Gasteiger partial charge on any atom is -0.390 e. The molecule has 0 aromatic carbocycles. The second-order valence-electron chi connectivity index (χ2n) is 4.47. The zero-order valence-electron chi connectivity index (χ0n) is 10.1. The molecule has 2 unspecified atom stereocenters. The van der Waals surface area contributed by atoms with Gasteiger partial charge < -0.3 is 10.2 Å². The predicted octanol–water partition coefficient (Wildman–Crippen LogP) is -1.21. The number of aliphatic hydroxyl groups is 2. The number of aliphatic hydroxyl groups excluding tert-OH is 2. The zero-order chi connectivity index (χ0) is 13.3. The van der Waals surface area contributed by atoms with Crippen LogP contribution in [0.25, 0.3) is 0 Å². The highest BCUT2D eigenvalue weighted by molar-refractivity contribution is 7.99. The van der Waals surface area contributed by atoms with Gasteiger partial charge in [-0.3, -0.25) is 13.9 Å². The Kier molecular flexibility index (Phi) is 3.94. The van der Waals surface area contributed by atoms with Crippen molar-refractivity contribution in [2.75, 3.05) is 11.5 Å². The molecule has 1 aromatic rings. The van der Waals surface area contributed by atoms with Gasteiger partial charge in [0.25, 0.3) is 5.56 Å². The number of thioether (sulfide) groups is 1. The molecule has 1 aliphatic rings. The van der Waals surface area contributed by atoms with Crippen molar-refractivity contribution in [2.24, 2.45) is 0 Å². The third-order valence-corrected chi connectivity index (χ3v) is 4.13. The van der Waals surface area contributed by atoms with E-state index >= 15 is 0 Å². The van der Waals surface area contributed by atoms with Crippen LogP contribution in [0.1, 0.15) is 5.69 Å². The summed E-state index contributed by atoms with van der Waals surface area (Å²) in [5, 5.41) is 19.5. The predicted molar refractivity (Wildman–Crippen MR) is 69.0 cm³/mol. The quantitative estimate of drug-likeness (QED) is 0.619. The molecule has 0 saturated carbocycles. The minimum atomic E-state index is -0.762. The van der Waals surface area contributed by atoms with Gasteiger partial charge in [0.05, 0.1) is 25.3 Å². The lowest BCUT2D eigenvalue weighted by Gasteiger charge is -2.20. The molecule has 0 saturated heterocycles. The maximum Gasteiger partial charge on any atom is 0.331 e. The minimum absolute atomic E-state index is 0.00103. The highest BCUT2D eigenvalue weighted by atomic mass is 32.2. The van der Waals surface area contributed by atoms with Crippen LogP contribution in [0.5, 0.6) is 0 Å². The molecule has 0 aliphatic carbocycles. The molecular formula is C11H16N2O4S. The number of aryl methyl sites for hydroxylation is 1. The lowest BCUT2D eigenvalue weighted by Crippen LogP contribution is -2.45. The Morgan fingerprint density at radius 1 is 1.17 bits per heavy atom. The lowest BCUT2D eigenvalue weighted by atomic mass is 10.3. The average Bonchev–Trinajstić information content (AvgIpc) is 2.29. The first kappa shape index (κ1) is 13.4. The maximum atomic E-state index is 12.1. The smallest absolute Gasteiger partial charge is 0.331 e. The highest BCUT2D eigenvalue weighted by Gasteiger charge is 2.18. The average molecular weight is 272 g/mol. The fourth-order valence-electron chi connectivity index (χ4n) is 1.98. The molecule has 1 aliphatic heterocycles. The van der Waals surface area contributed by atoms with Gasteiger partial charge in [-0.1, -0.05) is 0 Å². The van der Waals surface area contributed by atoms with Gasteiger partial charge >= 0.3 is 5.69 Å². The van der Waals surface area contributed by atoms with Gasteiger partial charge in [-0.25, -0.2) is 4.79 Å². The third-order valence-electron chi connectivity index (χ3n) is 2.89. The second-order valence-corrected chi connectivity index (χ2v) is 5.55. The van der Waals surface area contributed by atoms with Crippen LogP contribution in [0, 0.1) is 6.92 Å². The first-order chi connectivity index (χ1) is 8.49. The Balaban J connectivity index is 2.56. The van der Waals surface area contributed by atoms with Crippen molar-refractivity contribution in [3.8, 4) is 0 Å². The van der Waals surface area contributed by atoms with Gasteiger partial charge in [-0.2, -0.15) is 11.8 Å². The van der Waals surface area contributed by atoms with Crippen LogP contribution in [-0.2, 0) is 13.1 Å². The number of hydrogen-bond acceptors (Lipinski definition) is 5. The normalized spacial score (nSPS) is 24.8. The molecule has 0 radical (unpaired) electrons. The fraction of sp³-hybridized carbons (Fsp3) is 0.636. The molecule has 7 heteroatoms. The summed E-state index contributed by atoms with van der Waals surface area (Å²) in [5.74, 6) is 0.860. The Morgan fingerprint density at radius 2 is 1.72 bits per heavy atom. The molecule has 2 atom stereocenters. The van der Waals surface area contributed by atoms with E-state index in [0.717, 1.165) is 4.57 Å². The number of aromatic nitrogens is 2. The second kappa shape index (κ2) is 5.29. The standard InChI is InChI=1S/C11H16N2O4S/c1-7-2-10(16)13-4-9(15)6-18-5-8(14)3-12(7)11(13)17/h2,8-9,14-15H,3-6H2,1H3. The topological polar surface area (TPSA) is 84.5 Å². The molecule has 0 amide bonds. The van der Waals surface area contributed by atoms with E-state index in [1.54, 1.807) is 6.92 Å². The SMILES string of the molecule is Cc1cc(=O)n2c(=O)n1CC(O)CSCC(O)C2. The number of hydrogen-bond donors (Lipinski definition) is 2. The van der Waals surface area contributed by atoms with E-state index in [2.05, 4.69) is 0 Å². The van der Waals surface area contributed by atoms with E-state index in [4.69, 9.17) is 0 Å². The lowest BCUT2D eigenvalue weighted by molar-refractivity contribution is 0.159. The van der Waals surface area contributed by atoms with Gasteiger partial charge in [-0.05, 0) is 6.92 Å². The summed E-state index contributed by atoms with van der Waals surface area (Å²) in [5.41, 5.74) is -0.349. The van der Waals surface area contributed by atoms with Crippen LogP contribution in [-0.4, -0.2) is 43.1 Å². The monoisotopic (exact) mass is 272 g/mol. The van der Waals surface area contributed by atoms with Gasteiger partial charge in [0.2, 0.25) is 0 Å². The van der Waals surface area contributed by atoms with Crippen LogP contribution in [0.3, 0.4) is 0 Å². The molecule has 2 heterocycles. The van der Waals surface area contributed by atoms with Crippen molar-refractivity contribution in [1.82, 2.24) is 9.13 Å². The van der Waals surface area contributed by atoms with Gasteiger partial charge in [0.15, 0.2) is 0 Å². The summed E-state index contributed by atoms with van der Waals surface area (Å²) < 4.78 is 2.40. The van der Waals surface area contributed by atoms with E-state index in [1.165, 1.54) is 22.4 Å². The molecule has 6 nitrogen and oxygen atoms in total. The van der Waals surface area contributed by atoms with Crippen molar-refractivity contribution >= 4 is 11.8 Å². The first-order valence-corrected chi connectivity index (χ1v) is 6.89. The Labute approximate surface area is 108 Å². The van der Waals surface area contributed by atoms with Gasteiger partial charge in [0, 0.05) is 23.3 Å². The van der Waals surface area contributed by atoms with Gasteiger partial charge in [0.1, 0.15) is 0 Å². The molecule has 0 spiro atoms. The number of fused-ring (bicyclic) bond motifs is 2. The first-order valence-electron chi connectivity index (χ1n) is 5.74. The summed E-state index contributed by atoms with van der Waals surface area (Å²) in [7, 11) is 0. The largest absolute Gasteiger partial charge is 0.390 e. The van der Waals surface area contributed by atoms with E-state index in [-0.39, 0.29) is 13.1 Å². The van der Waals surface area contributed by atoms with Crippen LogP contribution in [0.15, 0.2) is 15.7 Å². The van der Waals surface area contributed by atoms with E-state index in [9.17, 15) is 19.8 Å². The fourth-order valence-corrected chi connectivity index (χ4v) is 2.87. The zero-order valence-corrected chi connectivity index (χ0v) is 10.9. The summed E-state index contributed by atoms with van der Waals surface area (Å²) in [6.45, 7) is 1.84. The molecule has 2 bridgehead atoms. The Bertz CT molecular complexity index is 551. The van der Waals surface area contributed by atoms with E-state index < -0.39 is 23.5 Å². The Morgan fingerprint density at radius 3 is 2.33 bits per heavy atom. The van der Waals surface area contributed by atoms with Crippen molar-refractivity contribution in [3.05, 3.63) is 32.6 Å². The van der Waals surface area contributed by atoms with Crippen molar-refractivity contribution in [3.63, 3.8) is 0 Å². The van der Waals surface area contributed by atoms with Crippen molar-refractivity contribution < 1.29 is 10.2 Å². The van der Waals surface area contributed by atoms with Crippen LogP contribution in [0.2, 0.25) is 0 Å². The highest BCUT2D eigenvalue weighted by Crippen LogP contribution is 2.09. The molecule has 100 valence electrons. The van der Waals surface area contributed by atoms with Crippen LogP contribution < -0.4 is 11.2 Å². The van der Waals surface area contributed by atoms with Crippen molar-refractivity contribution in [1.29, 1.82) is 0 Å². The Hall–Kier alpha value is -1.05. The van der Waals surface area contributed by atoms with Crippen molar-refractivity contribution in [2.45, 2.75) is 32.2 Å². The molecule has 0 fully saturated rings. The van der Waals surface area contributed by atoms with Crippen LogP contribution in [0.4, 0.5) is 0 Å². The van der Waals surface area contributed by atoms with E-state index in [1.807, 2.05) is 0 Å².